The summed E-state index contributed by atoms with van der Waals surface area (Å²) in [5, 5.41) is 7.06. The molecule has 0 fully saturated rings. The van der Waals surface area contributed by atoms with E-state index in [0.717, 1.165) is 0 Å². The molecule has 28 heavy (non-hydrogen) atoms. The summed E-state index contributed by atoms with van der Waals surface area (Å²) in [4.78, 5) is 4.61. The van der Waals surface area contributed by atoms with Gasteiger partial charge in [0.05, 0.1) is 16.9 Å². The van der Waals surface area contributed by atoms with E-state index < -0.39 is 10.0 Å². The second kappa shape index (κ2) is 7.08. The Kier molecular flexibility index (Phi) is 4.74. The number of nitrogens with zero attached hydrogens (tertiary/aromatic N) is 3. The van der Waals surface area contributed by atoms with E-state index in [1.807, 2.05) is 5.38 Å². The molecule has 3 aromatic heterocycles. The predicted octanol–water partition coefficient (Wildman–Crippen LogP) is 4.66. The molecule has 0 amide bonds. The Hall–Kier alpha value is -2.62. The van der Waals surface area contributed by atoms with Crippen molar-refractivity contribution in [3.63, 3.8) is 0 Å². The minimum Gasteiger partial charge on any atom is -0.463 e. The van der Waals surface area contributed by atoms with Gasteiger partial charge in [0.1, 0.15) is 11.5 Å². The SMILES string of the molecule is Cc1cc(NS(=O)(=O)c2cc(Cl)ccc2C)n(-c2nc(-c3ccco3)cs2)n1. The molecule has 0 atom stereocenters. The number of furan rings is 1. The molecule has 3 heterocycles. The Labute approximate surface area is 170 Å². The molecule has 0 unspecified atom stereocenters. The number of benzene rings is 1. The lowest BCUT2D eigenvalue weighted by Gasteiger charge is -2.11. The highest BCUT2D eigenvalue weighted by molar-refractivity contribution is 7.92. The van der Waals surface area contributed by atoms with Crippen LogP contribution in [0.15, 0.2) is 57.4 Å². The molecule has 0 bridgehead atoms. The zero-order valence-corrected chi connectivity index (χ0v) is 17.3. The molecular formula is C18H15ClN4O3S2. The third kappa shape index (κ3) is 3.56. The fraction of sp³-hybridized carbons (Fsp3) is 0.111. The van der Waals surface area contributed by atoms with Crippen molar-refractivity contribution in [3.8, 4) is 16.6 Å². The zero-order chi connectivity index (χ0) is 19.9. The van der Waals surface area contributed by atoms with Crippen LogP contribution in [0.2, 0.25) is 5.02 Å². The number of nitrogens with one attached hydrogen (secondary N) is 1. The molecule has 1 aromatic carbocycles. The predicted molar refractivity (Wildman–Crippen MR) is 109 cm³/mol. The van der Waals surface area contributed by atoms with Crippen LogP contribution >= 0.6 is 22.9 Å². The van der Waals surface area contributed by atoms with E-state index in [2.05, 4.69) is 14.8 Å². The van der Waals surface area contributed by atoms with Crippen molar-refractivity contribution in [2.75, 3.05) is 4.72 Å². The van der Waals surface area contributed by atoms with Crippen molar-refractivity contribution in [1.82, 2.24) is 14.8 Å². The first-order valence-electron chi connectivity index (χ1n) is 8.19. The maximum atomic E-state index is 12.9. The van der Waals surface area contributed by atoms with Crippen LogP contribution in [0.1, 0.15) is 11.3 Å². The third-order valence-corrected chi connectivity index (χ3v) is 6.51. The number of anilines is 1. The van der Waals surface area contributed by atoms with Crippen LogP contribution in [0.25, 0.3) is 16.6 Å². The minimum atomic E-state index is -3.86. The second-order valence-corrected chi connectivity index (χ2v) is 9.01. The Balaban J connectivity index is 1.72. The van der Waals surface area contributed by atoms with E-state index >= 15 is 0 Å². The number of thiazole rings is 1. The third-order valence-electron chi connectivity index (χ3n) is 3.96. The average molecular weight is 435 g/mol. The second-order valence-electron chi connectivity index (χ2n) is 6.09. The standard InChI is InChI=1S/C18H15ClN4O3S2/c1-11-5-6-13(19)9-16(11)28(24,25)22-17-8-12(2)21-23(17)18-20-14(10-27-18)15-4-3-7-26-15/h3-10,22H,1-2H3. The number of halogens is 1. The molecule has 1 N–H and O–H groups in total. The first-order chi connectivity index (χ1) is 13.3. The summed E-state index contributed by atoms with van der Waals surface area (Å²) in [5.74, 6) is 0.917. The summed E-state index contributed by atoms with van der Waals surface area (Å²) in [6, 6.07) is 9.96. The first-order valence-corrected chi connectivity index (χ1v) is 10.9. The monoisotopic (exact) mass is 434 g/mol. The minimum absolute atomic E-state index is 0.112. The molecular weight excluding hydrogens is 420 g/mol. The van der Waals surface area contributed by atoms with Crippen LogP contribution in [0.4, 0.5) is 5.82 Å². The summed E-state index contributed by atoms with van der Waals surface area (Å²) in [6.45, 7) is 3.49. The molecule has 4 rings (SSSR count). The van der Waals surface area contributed by atoms with Gasteiger partial charge in [-0.05, 0) is 43.7 Å². The zero-order valence-electron chi connectivity index (χ0n) is 14.9. The molecule has 0 radical (unpaired) electrons. The quantitative estimate of drug-likeness (QED) is 0.493. The van der Waals surface area contributed by atoms with E-state index in [1.165, 1.54) is 22.1 Å². The Morgan fingerprint density at radius 2 is 2.04 bits per heavy atom. The van der Waals surface area contributed by atoms with Crippen molar-refractivity contribution in [3.05, 3.63) is 64.3 Å². The van der Waals surface area contributed by atoms with Gasteiger partial charge >= 0.3 is 0 Å². The summed E-state index contributed by atoms with van der Waals surface area (Å²) >= 11 is 7.31. The van der Waals surface area contributed by atoms with Crippen LogP contribution in [0.3, 0.4) is 0 Å². The maximum Gasteiger partial charge on any atom is 0.263 e. The Morgan fingerprint density at radius 1 is 1.21 bits per heavy atom. The Morgan fingerprint density at radius 3 is 2.79 bits per heavy atom. The topological polar surface area (TPSA) is 90.0 Å². The van der Waals surface area contributed by atoms with Gasteiger partial charge in [0.25, 0.3) is 10.0 Å². The summed E-state index contributed by atoms with van der Waals surface area (Å²) < 4.78 is 35.2. The van der Waals surface area contributed by atoms with E-state index in [0.29, 0.717) is 32.9 Å². The van der Waals surface area contributed by atoms with Crippen molar-refractivity contribution in [2.45, 2.75) is 18.7 Å². The Bertz CT molecular complexity index is 1240. The summed E-state index contributed by atoms with van der Waals surface area (Å²) in [5.41, 5.74) is 1.89. The smallest absolute Gasteiger partial charge is 0.263 e. The molecule has 0 aliphatic rings. The number of hydrogen-bond donors (Lipinski definition) is 1. The molecule has 0 aliphatic heterocycles. The van der Waals surface area contributed by atoms with E-state index in [1.54, 1.807) is 50.4 Å². The molecule has 0 aliphatic carbocycles. The van der Waals surface area contributed by atoms with Crippen molar-refractivity contribution >= 4 is 38.8 Å². The number of aryl methyl sites for hydroxylation is 2. The largest absolute Gasteiger partial charge is 0.463 e. The fourth-order valence-corrected chi connectivity index (χ4v) is 4.99. The molecule has 0 saturated carbocycles. The molecule has 4 aromatic rings. The van der Waals surface area contributed by atoms with Crippen molar-refractivity contribution in [2.24, 2.45) is 0 Å². The van der Waals surface area contributed by atoms with E-state index in [-0.39, 0.29) is 10.7 Å². The number of sulfonamides is 1. The number of rotatable bonds is 5. The van der Waals surface area contributed by atoms with Crippen LogP contribution in [0.5, 0.6) is 0 Å². The van der Waals surface area contributed by atoms with Crippen molar-refractivity contribution < 1.29 is 12.8 Å². The highest BCUT2D eigenvalue weighted by atomic mass is 35.5. The summed E-state index contributed by atoms with van der Waals surface area (Å²) in [7, 11) is -3.86. The molecule has 7 nitrogen and oxygen atoms in total. The van der Waals surface area contributed by atoms with Crippen LogP contribution < -0.4 is 4.72 Å². The number of aromatic nitrogens is 3. The van der Waals surface area contributed by atoms with Gasteiger partial charge in [-0.3, -0.25) is 4.72 Å². The highest BCUT2D eigenvalue weighted by Crippen LogP contribution is 2.28. The molecule has 0 saturated heterocycles. The van der Waals surface area contributed by atoms with Gasteiger partial charge in [0.15, 0.2) is 5.76 Å². The van der Waals surface area contributed by atoms with Gasteiger partial charge in [0, 0.05) is 16.5 Å². The van der Waals surface area contributed by atoms with Crippen LogP contribution in [0, 0.1) is 13.8 Å². The van der Waals surface area contributed by atoms with Gasteiger partial charge in [-0.1, -0.05) is 17.7 Å². The van der Waals surface area contributed by atoms with Gasteiger partial charge in [-0.25, -0.2) is 13.4 Å². The molecule has 0 spiro atoms. The van der Waals surface area contributed by atoms with Gasteiger partial charge < -0.3 is 4.42 Å². The molecule has 10 heteroatoms. The van der Waals surface area contributed by atoms with E-state index in [4.69, 9.17) is 16.0 Å². The van der Waals surface area contributed by atoms with Gasteiger partial charge in [-0.15, -0.1) is 11.3 Å². The lowest BCUT2D eigenvalue weighted by atomic mass is 10.2. The summed E-state index contributed by atoms with van der Waals surface area (Å²) in [6.07, 6.45) is 1.57. The highest BCUT2D eigenvalue weighted by Gasteiger charge is 2.21. The van der Waals surface area contributed by atoms with Gasteiger partial charge in [0.2, 0.25) is 5.13 Å². The van der Waals surface area contributed by atoms with Gasteiger partial charge in [-0.2, -0.15) is 9.78 Å². The average Bonchev–Trinajstić information content (AvgIpc) is 3.36. The fourth-order valence-electron chi connectivity index (χ4n) is 2.67. The van der Waals surface area contributed by atoms with E-state index in [9.17, 15) is 8.42 Å². The lowest BCUT2D eigenvalue weighted by Crippen LogP contribution is -2.17. The molecule has 144 valence electrons. The van der Waals surface area contributed by atoms with Crippen molar-refractivity contribution in [1.29, 1.82) is 0 Å². The lowest BCUT2D eigenvalue weighted by molar-refractivity contribution is 0.580. The van der Waals surface area contributed by atoms with Crippen LogP contribution in [-0.4, -0.2) is 23.2 Å². The maximum absolute atomic E-state index is 12.9. The first kappa shape index (κ1) is 18.7. The number of hydrogen-bond acceptors (Lipinski definition) is 6. The normalized spacial score (nSPS) is 11.7. The van der Waals surface area contributed by atoms with Crippen LogP contribution in [-0.2, 0) is 10.0 Å².